The third-order valence-corrected chi connectivity index (χ3v) is 5.30. The van der Waals surface area contributed by atoms with Crippen LogP contribution in [0, 0.1) is 5.92 Å². The monoisotopic (exact) mass is 333 g/mol. The lowest BCUT2D eigenvalue weighted by molar-refractivity contribution is 0.595. The van der Waals surface area contributed by atoms with Gasteiger partial charge in [-0.2, -0.15) is 0 Å². The first-order valence-electron chi connectivity index (χ1n) is 6.76. The average molecular weight is 333 g/mol. The van der Waals surface area contributed by atoms with Gasteiger partial charge in [0.2, 0.25) is 0 Å². The Kier molecular flexibility index (Phi) is 5.44. The standard InChI is InChI=1S/C14H23NO4S2/c1-6-15(10-11(2)3)13-8-7-12(20(4,16)17)9-14(13)21(5,18)19/h7-9,11H,6,10H2,1-5H3. The van der Waals surface area contributed by atoms with Crippen molar-refractivity contribution in [3.8, 4) is 0 Å². The molecule has 5 nitrogen and oxygen atoms in total. The van der Waals surface area contributed by atoms with E-state index in [0.717, 1.165) is 12.5 Å². The van der Waals surface area contributed by atoms with Crippen molar-refractivity contribution in [2.45, 2.75) is 30.6 Å². The van der Waals surface area contributed by atoms with E-state index in [4.69, 9.17) is 0 Å². The molecule has 120 valence electrons. The molecule has 0 aliphatic heterocycles. The Bertz CT molecular complexity index is 706. The van der Waals surface area contributed by atoms with Crippen molar-refractivity contribution in [1.82, 2.24) is 0 Å². The first kappa shape index (κ1) is 18.0. The fraction of sp³-hybridized carbons (Fsp3) is 0.571. The fourth-order valence-electron chi connectivity index (χ4n) is 2.12. The van der Waals surface area contributed by atoms with Crippen LogP contribution in [0.3, 0.4) is 0 Å². The first-order chi connectivity index (χ1) is 9.46. The Balaban J connectivity index is 3.52. The summed E-state index contributed by atoms with van der Waals surface area (Å²) in [5.41, 5.74) is 0.557. The third-order valence-electron chi connectivity index (χ3n) is 3.07. The van der Waals surface area contributed by atoms with Crippen LogP contribution in [0.15, 0.2) is 28.0 Å². The summed E-state index contributed by atoms with van der Waals surface area (Å²) < 4.78 is 47.3. The van der Waals surface area contributed by atoms with Crippen LogP contribution >= 0.6 is 0 Å². The molecule has 0 aliphatic rings. The van der Waals surface area contributed by atoms with Crippen LogP contribution in [0.5, 0.6) is 0 Å². The van der Waals surface area contributed by atoms with Crippen LogP contribution in [0.2, 0.25) is 0 Å². The molecular weight excluding hydrogens is 310 g/mol. The van der Waals surface area contributed by atoms with E-state index in [-0.39, 0.29) is 9.79 Å². The number of hydrogen-bond donors (Lipinski definition) is 0. The van der Waals surface area contributed by atoms with Gasteiger partial charge in [-0.1, -0.05) is 13.8 Å². The maximum atomic E-state index is 12.0. The van der Waals surface area contributed by atoms with Crippen LogP contribution in [-0.4, -0.2) is 42.4 Å². The van der Waals surface area contributed by atoms with E-state index in [0.29, 0.717) is 24.7 Å². The van der Waals surface area contributed by atoms with Gasteiger partial charge in [0.05, 0.1) is 15.5 Å². The van der Waals surface area contributed by atoms with E-state index < -0.39 is 19.7 Å². The first-order valence-corrected chi connectivity index (χ1v) is 10.5. The number of nitrogens with zero attached hydrogens (tertiary/aromatic N) is 1. The second kappa shape index (κ2) is 6.36. The average Bonchev–Trinajstić information content (AvgIpc) is 2.32. The van der Waals surface area contributed by atoms with E-state index in [1.807, 2.05) is 25.7 Å². The summed E-state index contributed by atoms with van der Waals surface area (Å²) in [4.78, 5) is 2.04. The molecule has 1 rings (SSSR count). The molecule has 0 atom stereocenters. The van der Waals surface area contributed by atoms with Crippen LogP contribution in [0.25, 0.3) is 0 Å². The maximum Gasteiger partial charge on any atom is 0.177 e. The summed E-state index contributed by atoms with van der Waals surface area (Å²) in [6, 6.07) is 4.30. The van der Waals surface area contributed by atoms with Gasteiger partial charge in [0, 0.05) is 25.6 Å². The predicted octanol–water partition coefficient (Wildman–Crippen LogP) is 1.98. The largest absolute Gasteiger partial charge is 0.371 e. The minimum atomic E-state index is -3.51. The third kappa shape index (κ3) is 4.71. The summed E-state index contributed by atoms with van der Waals surface area (Å²) in [6.07, 6.45) is 2.17. The molecule has 0 spiro atoms. The van der Waals surface area contributed by atoms with E-state index in [1.54, 1.807) is 6.07 Å². The van der Waals surface area contributed by atoms with Gasteiger partial charge in [-0.3, -0.25) is 0 Å². The molecule has 0 N–H and O–H groups in total. The molecule has 21 heavy (non-hydrogen) atoms. The van der Waals surface area contributed by atoms with Crippen LogP contribution in [0.1, 0.15) is 20.8 Å². The number of sulfone groups is 2. The van der Waals surface area contributed by atoms with Gasteiger partial charge in [0.25, 0.3) is 0 Å². The Morgan fingerprint density at radius 1 is 1.05 bits per heavy atom. The quantitative estimate of drug-likeness (QED) is 0.796. The summed E-state index contributed by atoms with van der Waals surface area (Å²) in [5.74, 6) is 0.368. The molecule has 0 aromatic heterocycles. The molecule has 0 amide bonds. The topological polar surface area (TPSA) is 71.5 Å². The van der Waals surface area contributed by atoms with Crippen LogP contribution in [-0.2, 0) is 19.7 Å². The van der Waals surface area contributed by atoms with Crippen molar-refractivity contribution >= 4 is 25.4 Å². The lowest BCUT2D eigenvalue weighted by atomic mass is 10.2. The number of benzene rings is 1. The van der Waals surface area contributed by atoms with E-state index in [1.165, 1.54) is 12.1 Å². The molecule has 0 unspecified atom stereocenters. The number of rotatable bonds is 6. The highest BCUT2D eigenvalue weighted by Crippen LogP contribution is 2.28. The van der Waals surface area contributed by atoms with E-state index >= 15 is 0 Å². The highest BCUT2D eigenvalue weighted by atomic mass is 32.2. The van der Waals surface area contributed by atoms with Gasteiger partial charge >= 0.3 is 0 Å². The fourth-order valence-corrected chi connectivity index (χ4v) is 3.76. The van der Waals surface area contributed by atoms with Crippen molar-refractivity contribution < 1.29 is 16.8 Å². The molecule has 0 fully saturated rings. The summed E-state index contributed by atoms with van der Waals surface area (Å²) in [7, 11) is -6.95. The molecule has 7 heteroatoms. The zero-order valence-corrected chi connectivity index (χ0v) is 14.8. The van der Waals surface area contributed by atoms with Gasteiger partial charge in [0.1, 0.15) is 0 Å². The van der Waals surface area contributed by atoms with E-state index in [9.17, 15) is 16.8 Å². The van der Waals surface area contributed by atoms with Crippen molar-refractivity contribution in [1.29, 1.82) is 0 Å². The van der Waals surface area contributed by atoms with Gasteiger partial charge < -0.3 is 4.90 Å². The molecule has 0 heterocycles. The normalized spacial score (nSPS) is 12.7. The molecule has 0 bridgehead atoms. The molecule has 0 aliphatic carbocycles. The van der Waals surface area contributed by atoms with Crippen molar-refractivity contribution in [3.63, 3.8) is 0 Å². The lowest BCUT2D eigenvalue weighted by Gasteiger charge is -2.27. The summed E-state index contributed by atoms with van der Waals surface area (Å²) >= 11 is 0. The molecular formula is C14H23NO4S2. The molecule has 1 aromatic carbocycles. The molecule has 1 aromatic rings. The highest BCUT2D eigenvalue weighted by Gasteiger charge is 2.21. The number of hydrogen-bond acceptors (Lipinski definition) is 5. The van der Waals surface area contributed by atoms with Crippen molar-refractivity contribution in [2.75, 3.05) is 30.5 Å². The van der Waals surface area contributed by atoms with Crippen molar-refractivity contribution in [2.24, 2.45) is 5.92 Å². The SMILES string of the molecule is CCN(CC(C)C)c1ccc(S(C)(=O)=O)cc1S(C)(=O)=O. The molecule has 0 radical (unpaired) electrons. The minimum Gasteiger partial charge on any atom is -0.371 e. The predicted molar refractivity (Wildman–Crippen MR) is 85.4 cm³/mol. The Labute approximate surface area is 127 Å². The van der Waals surface area contributed by atoms with Gasteiger partial charge in [-0.05, 0) is 31.0 Å². The van der Waals surface area contributed by atoms with Crippen LogP contribution in [0.4, 0.5) is 5.69 Å². The smallest absolute Gasteiger partial charge is 0.177 e. The lowest BCUT2D eigenvalue weighted by Crippen LogP contribution is -2.28. The second-order valence-electron chi connectivity index (χ2n) is 5.61. The van der Waals surface area contributed by atoms with Crippen LogP contribution < -0.4 is 4.90 Å². The zero-order valence-electron chi connectivity index (χ0n) is 13.1. The minimum absolute atomic E-state index is 0.0206. The Morgan fingerprint density at radius 3 is 2.00 bits per heavy atom. The van der Waals surface area contributed by atoms with Gasteiger partial charge in [0.15, 0.2) is 19.7 Å². The Morgan fingerprint density at radius 2 is 1.62 bits per heavy atom. The van der Waals surface area contributed by atoms with Gasteiger partial charge in [-0.25, -0.2) is 16.8 Å². The second-order valence-corrected chi connectivity index (χ2v) is 9.61. The van der Waals surface area contributed by atoms with Gasteiger partial charge in [-0.15, -0.1) is 0 Å². The maximum absolute atomic E-state index is 12.0. The highest BCUT2D eigenvalue weighted by molar-refractivity contribution is 7.91. The molecule has 0 saturated heterocycles. The van der Waals surface area contributed by atoms with E-state index in [2.05, 4.69) is 0 Å². The summed E-state index contributed by atoms with van der Waals surface area (Å²) in [5, 5.41) is 0. The number of anilines is 1. The Hall–Kier alpha value is -1.08. The van der Waals surface area contributed by atoms with Crippen molar-refractivity contribution in [3.05, 3.63) is 18.2 Å². The molecule has 0 saturated carbocycles. The summed E-state index contributed by atoms with van der Waals surface area (Å²) in [6.45, 7) is 7.40. The zero-order chi connectivity index (χ0) is 16.4.